The Morgan fingerprint density at radius 1 is 1.27 bits per heavy atom. The number of fused-ring (bicyclic) bond motifs is 1. The highest BCUT2D eigenvalue weighted by Gasteiger charge is 2.21. The Labute approximate surface area is 177 Å². The van der Waals surface area contributed by atoms with Crippen LogP contribution >= 0.6 is 0 Å². The summed E-state index contributed by atoms with van der Waals surface area (Å²) in [5.41, 5.74) is 6.03. The number of hydrogen-bond donors (Lipinski definition) is 2. The summed E-state index contributed by atoms with van der Waals surface area (Å²) in [6.45, 7) is 6.64. The molecule has 0 radical (unpaired) electrons. The van der Waals surface area contributed by atoms with Crippen LogP contribution in [0.1, 0.15) is 40.4 Å². The van der Waals surface area contributed by atoms with Crippen LogP contribution in [0, 0.1) is 6.92 Å². The van der Waals surface area contributed by atoms with E-state index in [0.29, 0.717) is 11.6 Å². The van der Waals surface area contributed by atoms with Crippen LogP contribution in [-0.2, 0) is 4.74 Å². The van der Waals surface area contributed by atoms with E-state index in [9.17, 15) is 4.79 Å². The van der Waals surface area contributed by atoms with Crippen LogP contribution in [0.25, 0.3) is 22.2 Å². The van der Waals surface area contributed by atoms with Crippen LogP contribution in [-0.4, -0.2) is 61.2 Å². The van der Waals surface area contributed by atoms with Gasteiger partial charge in [0.05, 0.1) is 7.11 Å². The first kappa shape index (κ1) is 20.6. The number of carbonyl (C=O) groups is 1. The van der Waals surface area contributed by atoms with Crippen molar-refractivity contribution in [3.63, 3.8) is 0 Å². The molecule has 1 aliphatic rings. The van der Waals surface area contributed by atoms with E-state index in [1.54, 1.807) is 12.3 Å². The highest BCUT2D eigenvalue weighted by molar-refractivity contribution is 5.93. The molecular formula is C24H30N4O2. The van der Waals surface area contributed by atoms with E-state index in [-0.39, 0.29) is 0 Å². The van der Waals surface area contributed by atoms with Crippen LogP contribution in [0.5, 0.6) is 0 Å². The Morgan fingerprint density at radius 2 is 2.07 bits per heavy atom. The zero-order chi connectivity index (χ0) is 21.1. The molecule has 1 saturated heterocycles. The van der Waals surface area contributed by atoms with E-state index in [1.165, 1.54) is 36.5 Å². The molecule has 3 aromatic rings. The van der Waals surface area contributed by atoms with E-state index < -0.39 is 5.97 Å². The number of hydrogen-bond acceptors (Lipinski definition) is 5. The fourth-order valence-corrected chi connectivity index (χ4v) is 4.45. The van der Waals surface area contributed by atoms with Crippen molar-refractivity contribution in [3.05, 3.63) is 53.3 Å². The molecule has 0 saturated carbocycles. The van der Waals surface area contributed by atoms with Gasteiger partial charge in [-0.15, -0.1) is 0 Å². The van der Waals surface area contributed by atoms with Crippen LogP contribution < -0.4 is 5.32 Å². The summed E-state index contributed by atoms with van der Waals surface area (Å²) < 4.78 is 4.81. The van der Waals surface area contributed by atoms with Gasteiger partial charge in [-0.3, -0.25) is 0 Å². The van der Waals surface area contributed by atoms with Gasteiger partial charge in [0.25, 0.3) is 0 Å². The minimum absolute atomic E-state index is 0.318. The number of aromatic nitrogens is 2. The van der Waals surface area contributed by atoms with E-state index in [4.69, 9.17) is 4.74 Å². The lowest BCUT2D eigenvalue weighted by molar-refractivity contribution is 0.0594. The molecule has 1 fully saturated rings. The summed E-state index contributed by atoms with van der Waals surface area (Å²) in [6.07, 6.45) is 4.07. The topological polar surface area (TPSA) is 70.2 Å². The average molecular weight is 407 g/mol. The summed E-state index contributed by atoms with van der Waals surface area (Å²) >= 11 is 0. The van der Waals surface area contributed by atoms with Crippen molar-refractivity contribution in [1.29, 1.82) is 0 Å². The van der Waals surface area contributed by atoms with Gasteiger partial charge in [0.1, 0.15) is 5.69 Å². The lowest BCUT2D eigenvalue weighted by Gasteiger charge is -2.32. The predicted molar refractivity (Wildman–Crippen MR) is 120 cm³/mol. The zero-order valence-corrected chi connectivity index (χ0v) is 18.0. The normalized spacial score (nSPS) is 15.6. The standard InChI is InChI=1S/C24H30N4O2/c1-16-20-14-18(17-7-11-28(12-8-17)13-10-25-2)4-5-21(20)27-23(16)19-6-9-26-22(15-19)24(29)30-3/h4-6,9,14-15,17,25,27H,7-8,10-13H2,1-3H3. The second-order valence-corrected chi connectivity index (χ2v) is 8.07. The van der Waals surface area contributed by atoms with Gasteiger partial charge >= 0.3 is 5.97 Å². The second kappa shape index (κ2) is 8.98. The third-order valence-corrected chi connectivity index (χ3v) is 6.26. The van der Waals surface area contributed by atoms with Gasteiger partial charge < -0.3 is 19.9 Å². The number of likely N-dealkylation sites (N-methyl/N-ethyl adjacent to an activating group) is 1. The third-order valence-electron chi connectivity index (χ3n) is 6.26. The molecule has 158 valence electrons. The van der Waals surface area contributed by atoms with Gasteiger partial charge in [0.15, 0.2) is 0 Å². The second-order valence-electron chi connectivity index (χ2n) is 8.07. The van der Waals surface area contributed by atoms with E-state index in [1.807, 2.05) is 13.1 Å². The molecule has 3 heterocycles. The Hall–Kier alpha value is -2.70. The number of piperidine rings is 1. The van der Waals surface area contributed by atoms with Crippen molar-refractivity contribution in [2.24, 2.45) is 0 Å². The lowest BCUT2D eigenvalue weighted by Crippen LogP contribution is -2.37. The lowest BCUT2D eigenvalue weighted by atomic mass is 9.88. The van der Waals surface area contributed by atoms with E-state index in [2.05, 4.69) is 45.3 Å². The van der Waals surface area contributed by atoms with Crippen molar-refractivity contribution < 1.29 is 9.53 Å². The molecule has 2 N–H and O–H groups in total. The highest BCUT2D eigenvalue weighted by atomic mass is 16.5. The molecule has 0 bridgehead atoms. The molecule has 1 aromatic carbocycles. The Balaban J connectivity index is 1.58. The summed E-state index contributed by atoms with van der Waals surface area (Å²) in [4.78, 5) is 22.1. The highest BCUT2D eigenvalue weighted by Crippen LogP contribution is 2.34. The maximum atomic E-state index is 11.9. The Kier molecular flexibility index (Phi) is 6.16. The minimum Gasteiger partial charge on any atom is -0.464 e. The van der Waals surface area contributed by atoms with Gasteiger partial charge in [-0.1, -0.05) is 6.07 Å². The van der Waals surface area contributed by atoms with Crippen LogP contribution in [0.3, 0.4) is 0 Å². The number of nitrogens with one attached hydrogen (secondary N) is 2. The molecule has 30 heavy (non-hydrogen) atoms. The summed E-state index contributed by atoms with van der Waals surface area (Å²) in [5, 5.41) is 4.49. The first-order valence-corrected chi connectivity index (χ1v) is 10.6. The number of ether oxygens (including phenoxy) is 1. The molecule has 6 nitrogen and oxygen atoms in total. The number of pyridine rings is 1. The van der Waals surface area contributed by atoms with E-state index in [0.717, 1.165) is 43.0 Å². The summed E-state index contributed by atoms with van der Waals surface area (Å²) in [7, 11) is 3.38. The monoisotopic (exact) mass is 406 g/mol. The van der Waals surface area contributed by atoms with Gasteiger partial charge in [-0.05, 0) is 81.2 Å². The average Bonchev–Trinajstić information content (AvgIpc) is 3.13. The number of aryl methyl sites for hydroxylation is 1. The number of rotatable bonds is 6. The first-order valence-electron chi connectivity index (χ1n) is 10.6. The predicted octanol–water partition coefficient (Wildman–Crippen LogP) is 3.72. The number of likely N-dealkylation sites (tertiary alicyclic amines) is 1. The number of methoxy groups -OCH3 is 1. The fraction of sp³-hybridized carbons (Fsp3) is 0.417. The molecule has 0 spiro atoms. The number of aromatic amines is 1. The number of benzene rings is 1. The SMILES string of the molecule is CNCCN1CCC(c2ccc3[nH]c(-c4ccnc(C(=O)OC)c4)c(C)c3c2)CC1. The first-order chi connectivity index (χ1) is 14.6. The van der Waals surface area contributed by atoms with Gasteiger partial charge in [0.2, 0.25) is 0 Å². The molecule has 0 amide bonds. The third kappa shape index (κ3) is 4.11. The molecule has 2 aromatic heterocycles. The molecule has 0 unspecified atom stereocenters. The minimum atomic E-state index is -0.422. The maximum absolute atomic E-state index is 11.9. The summed E-state index contributed by atoms with van der Waals surface area (Å²) in [5.74, 6) is 0.193. The van der Waals surface area contributed by atoms with E-state index >= 15 is 0 Å². The Bertz CT molecular complexity index is 1030. The molecule has 6 heteroatoms. The van der Waals surface area contributed by atoms with Crippen molar-refractivity contribution in [2.45, 2.75) is 25.7 Å². The van der Waals surface area contributed by atoms with Crippen LogP contribution in [0.15, 0.2) is 36.5 Å². The van der Waals surface area contributed by atoms with Gasteiger partial charge in [-0.2, -0.15) is 0 Å². The number of H-pyrrole nitrogens is 1. The smallest absolute Gasteiger partial charge is 0.356 e. The Morgan fingerprint density at radius 3 is 2.80 bits per heavy atom. The number of esters is 1. The van der Waals surface area contributed by atoms with Crippen molar-refractivity contribution in [3.8, 4) is 11.3 Å². The fourth-order valence-electron chi connectivity index (χ4n) is 4.45. The van der Waals surface area contributed by atoms with Crippen molar-refractivity contribution in [1.82, 2.24) is 20.2 Å². The largest absolute Gasteiger partial charge is 0.464 e. The number of nitrogens with zero attached hydrogens (tertiary/aromatic N) is 2. The molecule has 0 aliphatic carbocycles. The molecule has 0 atom stereocenters. The van der Waals surface area contributed by atoms with Crippen molar-refractivity contribution >= 4 is 16.9 Å². The quantitative estimate of drug-likeness (QED) is 0.611. The van der Waals surface area contributed by atoms with Crippen LogP contribution in [0.2, 0.25) is 0 Å². The van der Waals surface area contributed by atoms with Crippen molar-refractivity contribution in [2.75, 3.05) is 40.3 Å². The number of carbonyl (C=O) groups excluding carboxylic acids is 1. The molecule has 4 rings (SSSR count). The molecular weight excluding hydrogens is 376 g/mol. The van der Waals surface area contributed by atoms with Gasteiger partial charge in [0, 0.05) is 41.4 Å². The van der Waals surface area contributed by atoms with Gasteiger partial charge in [-0.25, -0.2) is 9.78 Å². The van der Waals surface area contributed by atoms with Crippen LogP contribution in [0.4, 0.5) is 0 Å². The molecule has 1 aliphatic heterocycles. The zero-order valence-electron chi connectivity index (χ0n) is 18.0. The maximum Gasteiger partial charge on any atom is 0.356 e. The summed E-state index contributed by atoms with van der Waals surface area (Å²) in [6, 6.07) is 10.5.